The van der Waals surface area contributed by atoms with E-state index in [1.54, 1.807) is 17.8 Å². The van der Waals surface area contributed by atoms with Crippen molar-refractivity contribution in [3.8, 4) is 0 Å². The van der Waals surface area contributed by atoms with Gasteiger partial charge in [-0.15, -0.1) is 24.0 Å². The van der Waals surface area contributed by atoms with Gasteiger partial charge in [-0.1, -0.05) is 18.2 Å². The molecule has 0 amide bonds. The van der Waals surface area contributed by atoms with Gasteiger partial charge in [0.25, 0.3) is 0 Å². The van der Waals surface area contributed by atoms with Crippen molar-refractivity contribution in [1.29, 1.82) is 0 Å². The van der Waals surface area contributed by atoms with Crippen LogP contribution < -0.4 is 5.32 Å². The Hall–Kier alpha value is -1.71. The lowest BCUT2D eigenvalue weighted by molar-refractivity contribution is 0.442. The molecule has 2 aromatic rings. The van der Waals surface area contributed by atoms with E-state index >= 15 is 0 Å². The van der Waals surface area contributed by atoms with Crippen LogP contribution in [-0.4, -0.2) is 46.3 Å². The third kappa shape index (κ3) is 4.28. The van der Waals surface area contributed by atoms with Crippen molar-refractivity contribution in [3.05, 3.63) is 47.8 Å². The van der Waals surface area contributed by atoms with Crippen LogP contribution in [0.4, 0.5) is 4.39 Å². The predicted octanol–water partition coefficient (Wildman–Crippen LogP) is 2.31. The molecular formula is C17H24FIN6. The van der Waals surface area contributed by atoms with Gasteiger partial charge >= 0.3 is 0 Å². The Kier molecular flexibility index (Phi) is 6.36. The van der Waals surface area contributed by atoms with Crippen LogP contribution in [0.15, 0.2) is 35.6 Å². The maximum atomic E-state index is 14.1. The van der Waals surface area contributed by atoms with Crippen LogP contribution in [-0.2, 0) is 19.0 Å². The van der Waals surface area contributed by atoms with Gasteiger partial charge in [0.1, 0.15) is 18.0 Å². The van der Waals surface area contributed by atoms with E-state index in [4.69, 9.17) is 0 Å². The standard InChI is InChI=1S/C17H23FN6.HI/c1-19-16(23(2)10-15-21-12-22-24(15)3)20-11-17(8-9-17)13-6-4-5-7-14(13)18;/h4-7,12H,8-11H2,1-3H3,(H,19,20);1H. The summed E-state index contributed by atoms with van der Waals surface area (Å²) in [5.74, 6) is 1.50. The molecule has 1 fully saturated rings. The predicted molar refractivity (Wildman–Crippen MR) is 107 cm³/mol. The number of aryl methyl sites for hydroxylation is 1. The number of benzene rings is 1. The molecule has 1 heterocycles. The van der Waals surface area contributed by atoms with Crippen molar-refractivity contribution in [2.45, 2.75) is 24.8 Å². The topological polar surface area (TPSA) is 58.3 Å². The van der Waals surface area contributed by atoms with Crippen molar-refractivity contribution < 1.29 is 4.39 Å². The van der Waals surface area contributed by atoms with E-state index in [0.29, 0.717) is 13.1 Å². The first kappa shape index (κ1) is 19.6. The fourth-order valence-electron chi connectivity index (χ4n) is 2.97. The van der Waals surface area contributed by atoms with E-state index in [0.717, 1.165) is 30.2 Å². The van der Waals surface area contributed by atoms with Gasteiger partial charge in [-0.3, -0.25) is 9.67 Å². The highest BCUT2D eigenvalue weighted by atomic mass is 127. The molecule has 0 spiro atoms. The summed E-state index contributed by atoms with van der Waals surface area (Å²) in [6, 6.07) is 7.05. The third-order valence-electron chi connectivity index (χ3n) is 4.64. The molecule has 8 heteroatoms. The number of aromatic nitrogens is 3. The zero-order valence-electron chi connectivity index (χ0n) is 14.7. The molecule has 0 bridgehead atoms. The van der Waals surface area contributed by atoms with Gasteiger partial charge in [0.05, 0.1) is 6.54 Å². The first-order valence-electron chi connectivity index (χ1n) is 8.05. The van der Waals surface area contributed by atoms with Gasteiger partial charge in [-0.25, -0.2) is 9.37 Å². The summed E-state index contributed by atoms with van der Waals surface area (Å²) in [6.45, 7) is 1.27. The number of hydrogen-bond donors (Lipinski definition) is 1. The number of aliphatic imine (C=N–C) groups is 1. The van der Waals surface area contributed by atoms with Gasteiger partial charge in [0.15, 0.2) is 5.96 Å². The Bertz CT molecular complexity index is 740. The molecule has 0 saturated heterocycles. The van der Waals surface area contributed by atoms with Gasteiger partial charge in [-0.05, 0) is 24.5 Å². The van der Waals surface area contributed by atoms with Crippen molar-refractivity contribution in [2.24, 2.45) is 12.0 Å². The van der Waals surface area contributed by atoms with E-state index in [1.165, 1.54) is 12.4 Å². The van der Waals surface area contributed by atoms with Crippen LogP contribution in [0.5, 0.6) is 0 Å². The fraction of sp³-hybridized carbons (Fsp3) is 0.471. The molecule has 0 radical (unpaired) electrons. The molecule has 1 N–H and O–H groups in total. The van der Waals surface area contributed by atoms with Crippen LogP contribution in [0.1, 0.15) is 24.2 Å². The molecule has 1 aromatic carbocycles. The van der Waals surface area contributed by atoms with E-state index in [9.17, 15) is 4.39 Å². The normalized spacial score (nSPS) is 15.4. The Morgan fingerprint density at radius 2 is 2.12 bits per heavy atom. The lowest BCUT2D eigenvalue weighted by atomic mass is 9.95. The van der Waals surface area contributed by atoms with E-state index in [-0.39, 0.29) is 35.2 Å². The number of nitrogens with one attached hydrogen (secondary N) is 1. The molecule has 1 aliphatic carbocycles. The second-order valence-electron chi connectivity index (χ2n) is 6.32. The number of nitrogens with zero attached hydrogens (tertiary/aromatic N) is 5. The Balaban J connectivity index is 0.00000225. The van der Waals surface area contributed by atoms with Gasteiger partial charge in [-0.2, -0.15) is 5.10 Å². The van der Waals surface area contributed by atoms with Crippen molar-refractivity contribution >= 4 is 29.9 Å². The Morgan fingerprint density at radius 1 is 1.40 bits per heavy atom. The minimum Gasteiger partial charge on any atom is -0.355 e. The largest absolute Gasteiger partial charge is 0.355 e. The second-order valence-corrected chi connectivity index (χ2v) is 6.32. The molecule has 1 aliphatic rings. The monoisotopic (exact) mass is 458 g/mol. The summed E-state index contributed by atoms with van der Waals surface area (Å²) in [5.41, 5.74) is 0.677. The molecule has 0 atom stereocenters. The van der Waals surface area contributed by atoms with Gasteiger partial charge < -0.3 is 10.2 Å². The maximum absolute atomic E-state index is 14.1. The summed E-state index contributed by atoms with van der Waals surface area (Å²) in [4.78, 5) is 10.5. The van der Waals surface area contributed by atoms with Gasteiger partial charge in [0, 0.05) is 33.1 Å². The molecular weight excluding hydrogens is 434 g/mol. The summed E-state index contributed by atoms with van der Waals surface area (Å²) < 4.78 is 15.8. The summed E-state index contributed by atoms with van der Waals surface area (Å²) in [6.07, 6.45) is 3.52. The van der Waals surface area contributed by atoms with E-state index < -0.39 is 0 Å². The van der Waals surface area contributed by atoms with Crippen LogP contribution in [0, 0.1) is 5.82 Å². The van der Waals surface area contributed by atoms with Crippen LogP contribution in [0.25, 0.3) is 0 Å². The van der Waals surface area contributed by atoms with Gasteiger partial charge in [0.2, 0.25) is 0 Å². The van der Waals surface area contributed by atoms with Crippen LogP contribution in [0.3, 0.4) is 0 Å². The highest BCUT2D eigenvalue weighted by Gasteiger charge is 2.45. The average molecular weight is 458 g/mol. The number of guanidine groups is 1. The number of rotatable bonds is 5. The lowest BCUT2D eigenvalue weighted by Gasteiger charge is -2.24. The minimum absolute atomic E-state index is 0. The highest BCUT2D eigenvalue weighted by molar-refractivity contribution is 14.0. The molecule has 0 unspecified atom stereocenters. The highest BCUT2D eigenvalue weighted by Crippen LogP contribution is 2.48. The van der Waals surface area contributed by atoms with E-state index in [1.807, 2.05) is 31.1 Å². The first-order valence-corrected chi connectivity index (χ1v) is 8.05. The molecule has 25 heavy (non-hydrogen) atoms. The molecule has 1 aromatic heterocycles. The molecule has 1 saturated carbocycles. The Morgan fingerprint density at radius 3 is 2.68 bits per heavy atom. The SMILES string of the molecule is CN=C(NCC1(c2ccccc2F)CC1)N(C)Cc1ncnn1C.I. The fourth-order valence-corrected chi connectivity index (χ4v) is 2.97. The number of halogens is 2. The minimum atomic E-state index is -0.126. The van der Waals surface area contributed by atoms with Crippen LogP contribution in [0.2, 0.25) is 0 Å². The molecule has 136 valence electrons. The maximum Gasteiger partial charge on any atom is 0.193 e. The summed E-state index contributed by atoms with van der Waals surface area (Å²) >= 11 is 0. The van der Waals surface area contributed by atoms with Crippen LogP contribution >= 0.6 is 24.0 Å². The van der Waals surface area contributed by atoms with Crippen molar-refractivity contribution in [2.75, 3.05) is 20.6 Å². The molecule has 3 rings (SSSR count). The van der Waals surface area contributed by atoms with Crippen molar-refractivity contribution in [1.82, 2.24) is 25.0 Å². The Labute approximate surface area is 164 Å². The third-order valence-corrected chi connectivity index (χ3v) is 4.64. The molecule has 0 aliphatic heterocycles. The van der Waals surface area contributed by atoms with Crippen molar-refractivity contribution in [3.63, 3.8) is 0 Å². The zero-order valence-corrected chi connectivity index (χ0v) is 17.1. The van der Waals surface area contributed by atoms with E-state index in [2.05, 4.69) is 20.4 Å². The lowest BCUT2D eigenvalue weighted by Crippen LogP contribution is -2.42. The summed E-state index contributed by atoms with van der Waals surface area (Å²) in [5, 5.41) is 7.46. The molecule has 6 nitrogen and oxygen atoms in total. The second kappa shape index (κ2) is 8.11. The number of hydrogen-bond acceptors (Lipinski definition) is 3. The first-order chi connectivity index (χ1) is 11.6. The average Bonchev–Trinajstić information content (AvgIpc) is 3.25. The smallest absolute Gasteiger partial charge is 0.193 e. The zero-order chi connectivity index (χ0) is 17.2. The quantitative estimate of drug-likeness (QED) is 0.425. The summed E-state index contributed by atoms with van der Waals surface area (Å²) in [7, 11) is 5.56.